The first-order valence-electron chi connectivity index (χ1n) is 28.0. The molecule has 0 spiro atoms. The van der Waals surface area contributed by atoms with E-state index >= 15 is 0 Å². The van der Waals surface area contributed by atoms with Gasteiger partial charge in [-0.1, -0.05) is 282 Å². The molecule has 0 amide bonds. The summed E-state index contributed by atoms with van der Waals surface area (Å²) in [6.45, 7) is 0. The summed E-state index contributed by atoms with van der Waals surface area (Å²) in [6.07, 6.45) is -6.26. The molecule has 0 nitrogen and oxygen atoms in total. The number of halogens is 16. The largest absolute Gasteiger partial charge is 0.207 e. The quantitative estimate of drug-likeness (QED) is 0.0650. The van der Waals surface area contributed by atoms with Crippen LogP contribution in [0.2, 0.25) is 0 Å². The van der Waals surface area contributed by atoms with Gasteiger partial charge in [-0.25, -0.2) is 43.9 Å². The van der Waals surface area contributed by atoms with E-state index in [1.165, 1.54) is 46.1 Å². The Morgan fingerprint density at radius 2 is 0.319 bits per heavy atom. The van der Waals surface area contributed by atoms with E-state index in [0.717, 1.165) is 95.4 Å². The molecule has 0 aliphatic carbocycles. The van der Waals surface area contributed by atoms with Crippen LogP contribution in [0, 0.1) is 65.3 Å². The first-order chi connectivity index (χ1) is 43.6. The van der Waals surface area contributed by atoms with Gasteiger partial charge in [0.2, 0.25) is 0 Å². The molecule has 91 heavy (non-hydrogen) atoms. The second-order valence-electron chi connectivity index (χ2n) is 21.8. The van der Waals surface area contributed by atoms with Crippen molar-refractivity contribution in [2.75, 3.05) is 0 Å². The first-order valence-corrected chi connectivity index (χ1v) is 33.3. The normalized spacial score (nSPS) is 11.5. The van der Waals surface area contributed by atoms with E-state index < -0.39 is 65.0 Å². The van der Waals surface area contributed by atoms with E-state index in [9.17, 15) is 43.9 Å². The zero-order chi connectivity index (χ0) is 64.8. The van der Waals surface area contributed by atoms with Gasteiger partial charge in [-0.15, -0.1) is 0 Å². The van der Waals surface area contributed by atoms with Gasteiger partial charge in [0.15, 0.2) is 0 Å². The molecule has 0 saturated carbocycles. The van der Waals surface area contributed by atoms with Crippen LogP contribution in [0.5, 0.6) is 0 Å². The van der Waals surface area contributed by atoms with Crippen LogP contribution in [0.25, 0.3) is 0 Å². The Labute approximate surface area is 581 Å². The van der Waals surface area contributed by atoms with Crippen molar-refractivity contribution in [2.45, 2.75) is 0 Å². The second kappa shape index (κ2) is 29.2. The summed E-state index contributed by atoms with van der Waals surface area (Å²) >= 11 is 19.0. The molecule has 12 aromatic carbocycles. The molecule has 0 fully saturated rings. The van der Waals surface area contributed by atoms with Crippen LogP contribution < -0.4 is 65.6 Å². The Morgan fingerprint density at radius 3 is 0.495 bits per heavy atom. The molecule has 12 rings (SSSR count). The third-order valence-corrected chi connectivity index (χ3v) is 20.1. The van der Waals surface area contributed by atoms with Gasteiger partial charge in [-0.3, -0.25) is 0 Å². The van der Waals surface area contributed by atoms with E-state index in [4.69, 9.17) is 0 Å². The molecule has 456 valence electrons. The molecule has 0 N–H and O–H groups in total. The minimum absolute atomic E-state index is 0.275. The number of benzene rings is 12. The summed E-state index contributed by atoms with van der Waals surface area (Å²) in [4.78, 5) is 0. The molecule has 0 aromatic heterocycles. The number of hydrogen-bond acceptors (Lipinski definition) is 0. The van der Waals surface area contributed by atoms with Crippen molar-refractivity contribution in [1.82, 2.24) is 0 Å². The van der Waals surface area contributed by atoms with E-state index in [2.05, 4.69) is 254 Å². The molecule has 0 unspecified atom stereocenters. The molecular weight excluding hydrogens is 1660 g/mol. The van der Waals surface area contributed by atoms with Crippen molar-refractivity contribution in [3.63, 3.8) is 0 Å². The molecule has 0 aliphatic heterocycles. The maximum Gasteiger partial charge on any atom is 0.123 e. The lowest BCUT2D eigenvalue weighted by Gasteiger charge is -2.44. The maximum atomic E-state index is 14.3. The Bertz CT molecular complexity index is 3670. The molecule has 0 aliphatic rings. The van der Waals surface area contributed by atoms with Gasteiger partial charge in [-0.2, -0.15) is 65.6 Å². The fourth-order valence-electron chi connectivity index (χ4n) is 12.8. The molecule has 0 bridgehead atoms. The molecule has 0 atom stereocenters. The van der Waals surface area contributed by atoms with Crippen LogP contribution in [-0.4, -0.2) is 18.4 Å². The Kier molecular flexibility index (Phi) is 21.6. The van der Waals surface area contributed by atoms with Gasteiger partial charge in [0.1, 0.15) is 76.6 Å². The van der Waals surface area contributed by atoms with E-state index in [1.54, 1.807) is 0 Å². The summed E-state index contributed by atoms with van der Waals surface area (Å²) in [5, 5.41) is 0. The highest BCUT2D eigenvalue weighted by Crippen LogP contribution is 2.21. The van der Waals surface area contributed by atoms with Crippen LogP contribution in [0.3, 0.4) is 0 Å². The Hall–Kier alpha value is -6.49. The average molecular weight is 1700 g/mol. The standard InChI is InChI=1S/C24H16BBr4.C24H12BF8.C24H16BF2I2/c26-21-9-1-17(2-10-21)25(18-3-11-22(27)12-4-18,19-5-13-23(28)14-6-19)20-7-15-24(29)16-8-20;26-17-1-13(2-18(27)9-17)25(14-3-19(28)10-20(29)4-14,15-5-21(30)11-22(31)6-15)16-7-23(32)12-24(33)8-16;26-21-9-1-17(2-10-21)25(18-3-11-22(27)12-4-18,19-5-13-23(28)14-6-19)20-7-15-24(29)16-8-20/h1-16H;1-12H;1-16H/q3*-1. The summed E-state index contributed by atoms with van der Waals surface area (Å²) in [7, 11) is 0. The van der Waals surface area contributed by atoms with Crippen LogP contribution in [0.4, 0.5) is 43.9 Å². The van der Waals surface area contributed by atoms with E-state index in [1.807, 2.05) is 24.3 Å². The monoisotopic (exact) mass is 1700 g/mol. The SMILES string of the molecule is Brc1ccc([B-](c2ccc(Br)cc2)(c2ccc(Br)cc2)c2ccc(Br)cc2)cc1.Fc1cc(F)cc([B-](c2cc(F)cc(F)c2)(c2cc(F)cc(F)c2)c2cc(F)cc(F)c2)c1.Fc1ccc([B-](c2ccc(F)cc2)(c2ccc(I)cc2)c2ccc(I)cc2)cc1. The summed E-state index contributed by atoms with van der Waals surface area (Å²) < 4.78 is 149. The third-order valence-electron chi connectivity index (χ3n) is 16.5. The van der Waals surface area contributed by atoms with Crippen molar-refractivity contribution in [1.29, 1.82) is 0 Å². The predicted molar refractivity (Wildman–Crippen MR) is 386 cm³/mol. The lowest BCUT2D eigenvalue weighted by molar-refractivity contribution is 0.585. The van der Waals surface area contributed by atoms with Crippen LogP contribution in [0.1, 0.15) is 0 Å². The zero-order valence-electron chi connectivity index (χ0n) is 47.2. The fraction of sp³-hybridized carbons (Fsp3) is 0. The van der Waals surface area contributed by atoms with Crippen molar-refractivity contribution in [3.8, 4) is 0 Å². The van der Waals surface area contributed by atoms with Crippen LogP contribution >= 0.6 is 109 Å². The summed E-state index contributed by atoms with van der Waals surface area (Å²) in [6, 6.07) is 73.2. The average Bonchev–Trinajstić information content (AvgIpc) is 0.762. The Balaban J connectivity index is 0.000000150. The second-order valence-corrected chi connectivity index (χ2v) is 28.0. The lowest BCUT2D eigenvalue weighted by Crippen LogP contribution is -2.75. The highest BCUT2D eigenvalue weighted by Gasteiger charge is 2.36. The minimum Gasteiger partial charge on any atom is -0.207 e. The van der Waals surface area contributed by atoms with Crippen molar-refractivity contribution >= 4 is 193 Å². The van der Waals surface area contributed by atoms with Crippen molar-refractivity contribution in [2.24, 2.45) is 0 Å². The number of hydrogen-bond donors (Lipinski definition) is 0. The molecule has 0 saturated heterocycles. The van der Waals surface area contributed by atoms with E-state index in [0.29, 0.717) is 24.3 Å². The molecule has 19 heteroatoms. The zero-order valence-corrected chi connectivity index (χ0v) is 57.8. The summed E-state index contributed by atoms with van der Waals surface area (Å²) in [5.74, 6) is -9.54. The topological polar surface area (TPSA) is 0 Å². The molecule has 12 aromatic rings. The highest BCUT2D eigenvalue weighted by molar-refractivity contribution is 14.1. The van der Waals surface area contributed by atoms with Crippen molar-refractivity contribution in [3.05, 3.63) is 350 Å². The predicted octanol–water partition coefficient (Wildman–Crippen LogP) is 14.8. The van der Waals surface area contributed by atoms with Gasteiger partial charge >= 0.3 is 0 Å². The minimum atomic E-state index is -3.29. The Morgan fingerprint density at radius 1 is 0.176 bits per heavy atom. The van der Waals surface area contributed by atoms with Gasteiger partial charge in [-0.05, 0) is 69.4 Å². The molecule has 0 heterocycles. The third kappa shape index (κ3) is 14.8. The van der Waals surface area contributed by atoms with E-state index in [-0.39, 0.29) is 33.5 Å². The highest BCUT2D eigenvalue weighted by atomic mass is 127. The van der Waals surface area contributed by atoms with Gasteiger partial charge in [0, 0.05) is 49.3 Å². The van der Waals surface area contributed by atoms with Gasteiger partial charge < -0.3 is 0 Å². The van der Waals surface area contributed by atoms with Gasteiger partial charge in [0.05, 0.1) is 0 Å². The molecular formula is C72H44B3Br4F10I2-3. The smallest absolute Gasteiger partial charge is 0.123 e. The number of rotatable bonds is 12. The maximum absolute atomic E-state index is 14.3. The van der Waals surface area contributed by atoms with Crippen LogP contribution in [0.15, 0.2) is 285 Å². The van der Waals surface area contributed by atoms with Gasteiger partial charge in [0.25, 0.3) is 0 Å². The van der Waals surface area contributed by atoms with Crippen molar-refractivity contribution < 1.29 is 43.9 Å². The van der Waals surface area contributed by atoms with Crippen LogP contribution in [-0.2, 0) is 0 Å². The lowest BCUT2D eigenvalue weighted by atomic mass is 9.13. The first kappa shape index (κ1) is 67.4. The molecule has 0 radical (unpaired) electrons. The summed E-state index contributed by atoms with van der Waals surface area (Å²) in [5.41, 5.74) is 7.87. The fourth-order valence-corrected chi connectivity index (χ4v) is 14.6.